The lowest BCUT2D eigenvalue weighted by Crippen LogP contribution is -2.40. The van der Waals surface area contributed by atoms with Crippen LogP contribution in [0.1, 0.15) is 12.8 Å². The molecule has 0 aromatic heterocycles. The molecular weight excluding hydrogens is 278 g/mol. The maximum absolute atomic E-state index is 11.8. The van der Waals surface area contributed by atoms with Crippen LogP contribution in [-0.4, -0.2) is 44.3 Å². The molecule has 0 radical (unpaired) electrons. The molecule has 0 spiro atoms. The van der Waals surface area contributed by atoms with Crippen molar-refractivity contribution in [3.63, 3.8) is 0 Å². The number of likely N-dealkylation sites (N-methyl/N-ethyl adjacent to an activating group) is 1. The van der Waals surface area contributed by atoms with Crippen molar-refractivity contribution in [3.8, 4) is 0 Å². The lowest BCUT2D eigenvalue weighted by atomic mass is 9.85. The molecular formula is C16H23N5O. The number of hydrogen-bond donors (Lipinski definition) is 4. The van der Waals surface area contributed by atoms with Gasteiger partial charge in [-0.3, -0.25) is 4.90 Å². The molecule has 1 unspecified atom stereocenters. The van der Waals surface area contributed by atoms with E-state index in [-0.39, 0.29) is 6.03 Å². The molecule has 0 bridgehead atoms. The van der Waals surface area contributed by atoms with Gasteiger partial charge in [-0.2, -0.15) is 0 Å². The maximum Gasteiger partial charge on any atom is 0.321 e. The van der Waals surface area contributed by atoms with E-state index in [1.54, 1.807) is 19.0 Å². The fourth-order valence-corrected chi connectivity index (χ4v) is 3.04. The Morgan fingerprint density at radius 3 is 3.09 bits per heavy atom. The fourth-order valence-electron chi connectivity index (χ4n) is 3.04. The molecule has 2 heterocycles. The third-order valence-electron chi connectivity index (χ3n) is 4.29. The zero-order valence-electron chi connectivity index (χ0n) is 13.1. The second-order valence-corrected chi connectivity index (χ2v) is 5.66. The summed E-state index contributed by atoms with van der Waals surface area (Å²) >= 11 is 0. The summed E-state index contributed by atoms with van der Waals surface area (Å²) in [4.78, 5) is 13.5. The van der Waals surface area contributed by atoms with E-state index in [0.29, 0.717) is 6.04 Å². The highest BCUT2D eigenvalue weighted by atomic mass is 16.2. The molecule has 2 aliphatic heterocycles. The predicted octanol–water partition coefficient (Wildman–Crippen LogP) is 0.752. The van der Waals surface area contributed by atoms with Crippen LogP contribution in [0.15, 0.2) is 47.0 Å². The van der Waals surface area contributed by atoms with Crippen molar-refractivity contribution in [3.05, 3.63) is 47.0 Å². The molecule has 0 saturated carbocycles. The highest BCUT2D eigenvalue weighted by Crippen LogP contribution is 2.30. The largest absolute Gasteiger partial charge is 0.372 e. The molecule has 6 heteroatoms. The number of fused-ring (bicyclic) bond motifs is 1. The van der Waals surface area contributed by atoms with Gasteiger partial charge in [0, 0.05) is 32.0 Å². The van der Waals surface area contributed by atoms with Crippen molar-refractivity contribution >= 4 is 6.03 Å². The first-order valence-electron chi connectivity index (χ1n) is 7.68. The molecule has 3 rings (SSSR count). The Morgan fingerprint density at radius 2 is 2.36 bits per heavy atom. The first kappa shape index (κ1) is 14.7. The first-order valence-corrected chi connectivity index (χ1v) is 7.68. The fraction of sp³-hybridized carbons (Fsp3) is 0.438. The molecule has 4 N–H and O–H groups in total. The molecule has 1 aliphatic carbocycles. The summed E-state index contributed by atoms with van der Waals surface area (Å²) in [6.45, 7) is 1.77. The summed E-state index contributed by atoms with van der Waals surface area (Å²) in [6.07, 6.45) is 10.4. The molecule has 1 fully saturated rings. The number of nitrogens with zero attached hydrogens (tertiary/aromatic N) is 1. The van der Waals surface area contributed by atoms with E-state index in [9.17, 15) is 4.79 Å². The number of carbonyl (C=O) groups is 1. The molecule has 3 aliphatic rings. The van der Waals surface area contributed by atoms with Crippen LogP contribution in [-0.2, 0) is 0 Å². The molecule has 22 heavy (non-hydrogen) atoms. The van der Waals surface area contributed by atoms with Gasteiger partial charge in [0.15, 0.2) is 0 Å². The van der Waals surface area contributed by atoms with E-state index < -0.39 is 0 Å². The van der Waals surface area contributed by atoms with Crippen molar-refractivity contribution in [2.24, 2.45) is 0 Å². The lowest BCUT2D eigenvalue weighted by Gasteiger charge is -2.33. The van der Waals surface area contributed by atoms with E-state index in [1.807, 2.05) is 6.20 Å². The van der Waals surface area contributed by atoms with Gasteiger partial charge in [0.1, 0.15) is 0 Å². The van der Waals surface area contributed by atoms with E-state index in [0.717, 1.165) is 37.4 Å². The van der Waals surface area contributed by atoms with Crippen LogP contribution in [0.2, 0.25) is 0 Å². The highest BCUT2D eigenvalue weighted by Gasteiger charge is 2.26. The standard InChI is InChI=1S/C16H23N5O/c1-17-16(22)21(2)13-3-4-15-14(8-13)11(5-6-19-15)7-12-9-18-10-20-12/h3,7-9,15,18-20H,4-6,10H2,1-2H3,(H,17,22)/b11-7+. The van der Waals surface area contributed by atoms with Crippen LogP contribution in [0.25, 0.3) is 0 Å². The smallest absolute Gasteiger partial charge is 0.321 e. The number of amides is 2. The second-order valence-electron chi connectivity index (χ2n) is 5.66. The SMILES string of the molecule is CNC(=O)N(C)C1=CCC2NCC/C(=C\C3=CNCN3)C2=C1. The van der Waals surface area contributed by atoms with Gasteiger partial charge in [-0.25, -0.2) is 4.79 Å². The normalized spacial score (nSPS) is 25.3. The van der Waals surface area contributed by atoms with Gasteiger partial charge in [0.2, 0.25) is 0 Å². The average molecular weight is 301 g/mol. The zero-order valence-corrected chi connectivity index (χ0v) is 13.1. The number of urea groups is 1. The number of hydrogen-bond acceptors (Lipinski definition) is 4. The van der Waals surface area contributed by atoms with Crippen molar-refractivity contribution in [2.45, 2.75) is 18.9 Å². The molecule has 1 atom stereocenters. The Hall–Kier alpha value is -2.21. The Balaban J connectivity index is 1.86. The first-order chi connectivity index (χ1) is 10.7. The van der Waals surface area contributed by atoms with Gasteiger partial charge < -0.3 is 21.3 Å². The van der Waals surface area contributed by atoms with Gasteiger partial charge in [0.25, 0.3) is 0 Å². The van der Waals surface area contributed by atoms with Crippen LogP contribution < -0.4 is 21.3 Å². The Labute approximate surface area is 131 Å². The lowest BCUT2D eigenvalue weighted by molar-refractivity contribution is 0.222. The zero-order chi connectivity index (χ0) is 15.5. The predicted molar refractivity (Wildman–Crippen MR) is 86.7 cm³/mol. The molecule has 0 aromatic rings. The molecule has 6 nitrogen and oxygen atoms in total. The van der Waals surface area contributed by atoms with Gasteiger partial charge in [-0.15, -0.1) is 0 Å². The minimum Gasteiger partial charge on any atom is -0.372 e. The minimum atomic E-state index is -0.0970. The van der Waals surface area contributed by atoms with Crippen molar-refractivity contribution in [1.82, 2.24) is 26.2 Å². The molecule has 118 valence electrons. The summed E-state index contributed by atoms with van der Waals surface area (Å²) in [5.74, 6) is 0. The van der Waals surface area contributed by atoms with Gasteiger partial charge in [-0.05, 0) is 42.7 Å². The Morgan fingerprint density at radius 1 is 1.50 bits per heavy atom. The topological polar surface area (TPSA) is 68.4 Å². The third-order valence-corrected chi connectivity index (χ3v) is 4.29. The maximum atomic E-state index is 11.8. The number of nitrogens with one attached hydrogen (secondary N) is 4. The summed E-state index contributed by atoms with van der Waals surface area (Å²) in [7, 11) is 3.45. The van der Waals surface area contributed by atoms with Crippen LogP contribution in [0.5, 0.6) is 0 Å². The number of allylic oxidation sites excluding steroid dienone is 2. The third kappa shape index (κ3) is 2.87. The summed E-state index contributed by atoms with van der Waals surface area (Å²) in [6, 6.07) is 0.247. The average Bonchev–Trinajstić information content (AvgIpc) is 3.06. The Bertz CT molecular complexity index is 587. The number of carbonyl (C=O) groups excluding carboxylic acids is 1. The highest BCUT2D eigenvalue weighted by molar-refractivity contribution is 5.76. The van der Waals surface area contributed by atoms with E-state index in [4.69, 9.17) is 0 Å². The van der Waals surface area contributed by atoms with E-state index >= 15 is 0 Å². The van der Waals surface area contributed by atoms with E-state index in [1.165, 1.54) is 11.1 Å². The van der Waals surface area contributed by atoms with Gasteiger partial charge >= 0.3 is 6.03 Å². The summed E-state index contributed by atoms with van der Waals surface area (Å²) in [5.41, 5.74) is 4.69. The van der Waals surface area contributed by atoms with Gasteiger partial charge in [0.05, 0.1) is 12.4 Å². The monoisotopic (exact) mass is 301 g/mol. The summed E-state index contributed by atoms with van der Waals surface area (Å²) < 4.78 is 0. The number of piperidine rings is 1. The quantitative estimate of drug-likeness (QED) is 0.608. The number of rotatable bonds is 2. The minimum absolute atomic E-state index is 0.0970. The van der Waals surface area contributed by atoms with Crippen LogP contribution >= 0.6 is 0 Å². The molecule has 2 amide bonds. The van der Waals surface area contributed by atoms with Crippen LogP contribution in [0.3, 0.4) is 0 Å². The second kappa shape index (κ2) is 6.27. The van der Waals surface area contributed by atoms with Crippen molar-refractivity contribution in [1.29, 1.82) is 0 Å². The van der Waals surface area contributed by atoms with Gasteiger partial charge in [-0.1, -0.05) is 6.08 Å². The van der Waals surface area contributed by atoms with Crippen LogP contribution in [0, 0.1) is 0 Å². The summed E-state index contributed by atoms with van der Waals surface area (Å²) in [5, 5.41) is 12.7. The Kier molecular flexibility index (Phi) is 4.20. The molecule has 0 aromatic carbocycles. The molecule has 1 saturated heterocycles. The van der Waals surface area contributed by atoms with Crippen molar-refractivity contribution in [2.75, 3.05) is 27.3 Å². The van der Waals surface area contributed by atoms with E-state index in [2.05, 4.69) is 39.5 Å². The van der Waals surface area contributed by atoms with Crippen molar-refractivity contribution < 1.29 is 4.79 Å². The van der Waals surface area contributed by atoms with Crippen LogP contribution in [0.4, 0.5) is 4.79 Å².